The van der Waals surface area contributed by atoms with Gasteiger partial charge in [-0.2, -0.15) is 0 Å². The van der Waals surface area contributed by atoms with Crippen molar-refractivity contribution in [3.05, 3.63) is 212 Å². The van der Waals surface area contributed by atoms with Crippen LogP contribution in [-0.4, -0.2) is 15.0 Å². The second-order valence-electron chi connectivity index (χ2n) is 16.2. The minimum absolute atomic E-state index is 0.545. The number of benzene rings is 11. The van der Waals surface area contributed by atoms with Gasteiger partial charge in [0.1, 0.15) is 11.2 Å². The molecule has 0 radical (unpaired) electrons. The van der Waals surface area contributed by atoms with Gasteiger partial charge in [-0.25, -0.2) is 15.0 Å². The predicted molar refractivity (Wildman–Crippen MR) is 262 cm³/mol. The summed E-state index contributed by atoms with van der Waals surface area (Å²) in [7, 11) is 0. The monoisotopic (exact) mass is 801 g/mol. The Morgan fingerprint density at radius 2 is 0.730 bits per heavy atom. The van der Waals surface area contributed by atoms with Gasteiger partial charge in [-0.3, -0.25) is 0 Å². The molecule has 2 aromatic heterocycles. The Bertz CT molecular complexity index is 3990. The van der Waals surface area contributed by atoms with Crippen molar-refractivity contribution in [3.63, 3.8) is 0 Å². The number of hydrogen-bond acceptors (Lipinski definition) is 4. The minimum atomic E-state index is 0.545. The Morgan fingerprint density at radius 3 is 1.52 bits per heavy atom. The van der Waals surface area contributed by atoms with E-state index in [1.165, 1.54) is 37.9 Å². The maximum absolute atomic E-state index is 6.65. The Labute approximate surface area is 362 Å². The maximum atomic E-state index is 6.65. The molecule has 0 fully saturated rings. The van der Waals surface area contributed by atoms with E-state index in [2.05, 4.69) is 200 Å². The van der Waals surface area contributed by atoms with Crippen LogP contribution >= 0.6 is 0 Å². The summed E-state index contributed by atoms with van der Waals surface area (Å²) in [5, 5.41) is 13.6. The molecular formula is C59H35N3O. The standard InChI is InChI=1S/C59H35N3O/c1-4-19-39-36(15-1)18-13-27-43(39)47-33-34-51(45-24-9-8-23-44(45)47)57-60-58(52-29-14-28-50-48-26-11-12-30-54(48)63-56(50)52)62-59(61-57)55-41-21-6-2-16-37(41)31-32-49(55)53-35-38-17-3-5-20-40(38)42-22-7-10-25-46(42)53/h1-35H. The van der Waals surface area contributed by atoms with Gasteiger partial charge in [-0.1, -0.05) is 188 Å². The normalized spacial score (nSPS) is 11.8. The van der Waals surface area contributed by atoms with Crippen LogP contribution in [-0.2, 0) is 0 Å². The number of aromatic nitrogens is 3. The molecule has 2 heterocycles. The fourth-order valence-corrected chi connectivity index (χ4v) is 9.86. The first-order chi connectivity index (χ1) is 31.2. The van der Waals surface area contributed by atoms with E-state index in [0.717, 1.165) is 76.9 Å². The highest BCUT2D eigenvalue weighted by atomic mass is 16.3. The Morgan fingerprint density at radius 1 is 0.254 bits per heavy atom. The highest BCUT2D eigenvalue weighted by Crippen LogP contribution is 2.44. The Hall–Kier alpha value is -8.47. The third-order valence-corrected chi connectivity index (χ3v) is 12.7. The largest absolute Gasteiger partial charge is 0.455 e. The summed E-state index contributed by atoms with van der Waals surface area (Å²) < 4.78 is 6.65. The highest BCUT2D eigenvalue weighted by Gasteiger charge is 2.23. The van der Waals surface area contributed by atoms with Crippen LogP contribution in [0.4, 0.5) is 0 Å². The summed E-state index contributed by atoms with van der Waals surface area (Å²) in [5.74, 6) is 1.73. The van der Waals surface area contributed by atoms with Gasteiger partial charge in [0.2, 0.25) is 0 Å². The lowest BCUT2D eigenvalue weighted by atomic mass is 9.88. The molecule has 11 aromatic carbocycles. The average Bonchev–Trinajstić information content (AvgIpc) is 3.74. The molecule has 13 aromatic rings. The van der Waals surface area contributed by atoms with Gasteiger partial charge in [0.05, 0.1) is 5.56 Å². The minimum Gasteiger partial charge on any atom is -0.455 e. The molecule has 0 amide bonds. The molecule has 0 unspecified atom stereocenters. The third-order valence-electron chi connectivity index (χ3n) is 12.7. The van der Waals surface area contributed by atoms with E-state index >= 15 is 0 Å². The van der Waals surface area contributed by atoms with Crippen LogP contribution in [0, 0.1) is 0 Å². The average molecular weight is 802 g/mol. The molecule has 0 atom stereocenters. The van der Waals surface area contributed by atoms with Gasteiger partial charge in [0.15, 0.2) is 17.5 Å². The van der Waals surface area contributed by atoms with Gasteiger partial charge < -0.3 is 4.42 Å². The van der Waals surface area contributed by atoms with Gasteiger partial charge in [0.25, 0.3) is 0 Å². The number of nitrogens with zero attached hydrogens (tertiary/aromatic N) is 3. The Balaban J connectivity index is 1.13. The van der Waals surface area contributed by atoms with Crippen molar-refractivity contribution in [2.45, 2.75) is 0 Å². The van der Waals surface area contributed by atoms with Crippen molar-refractivity contribution in [2.75, 3.05) is 0 Å². The van der Waals surface area contributed by atoms with Crippen LogP contribution in [0.15, 0.2) is 217 Å². The fraction of sp³-hybridized carbons (Fsp3) is 0. The van der Waals surface area contributed by atoms with Crippen molar-refractivity contribution < 1.29 is 4.42 Å². The van der Waals surface area contributed by atoms with E-state index < -0.39 is 0 Å². The van der Waals surface area contributed by atoms with E-state index in [0.29, 0.717) is 17.5 Å². The zero-order valence-corrected chi connectivity index (χ0v) is 34.0. The fourth-order valence-electron chi connectivity index (χ4n) is 9.86. The molecule has 0 saturated carbocycles. The molecule has 4 nitrogen and oxygen atoms in total. The quantitative estimate of drug-likeness (QED) is 0.163. The third kappa shape index (κ3) is 5.59. The molecule has 0 bridgehead atoms. The molecule has 4 heteroatoms. The van der Waals surface area contributed by atoms with E-state index in [-0.39, 0.29) is 0 Å². The zero-order chi connectivity index (χ0) is 41.4. The van der Waals surface area contributed by atoms with E-state index in [1.807, 2.05) is 12.1 Å². The lowest BCUT2D eigenvalue weighted by molar-refractivity contribution is 0.669. The molecule has 0 spiro atoms. The molecule has 63 heavy (non-hydrogen) atoms. The zero-order valence-electron chi connectivity index (χ0n) is 34.0. The van der Waals surface area contributed by atoms with E-state index in [1.54, 1.807) is 0 Å². The first kappa shape index (κ1) is 35.3. The first-order valence-electron chi connectivity index (χ1n) is 21.4. The number of para-hydroxylation sites is 2. The lowest BCUT2D eigenvalue weighted by Gasteiger charge is -2.18. The van der Waals surface area contributed by atoms with Gasteiger partial charge in [-0.05, 0) is 100 Å². The predicted octanol–water partition coefficient (Wildman–Crippen LogP) is 15.9. The SMILES string of the molecule is c1ccc2c(-c3ccc(-c4nc(-c5c(-c6cc7ccccc7c7ccccc67)ccc6ccccc56)nc(-c5cccc6c5oc5ccccc56)n4)c4ccccc34)cccc2c1. The summed E-state index contributed by atoms with van der Waals surface area (Å²) in [6.45, 7) is 0. The van der Waals surface area contributed by atoms with Gasteiger partial charge >= 0.3 is 0 Å². The molecule has 0 aliphatic heterocycles. The molecular weight excluding hydrogens is 767 g/mol. The summed E-state index contributed by atoms with van der Waals surface area (Å²) in [6.07, 6.45) is 0. The Kier molecular flexibility index (Phi) is 7.87. The number of fused-ring (bicyclic) bond motifs is 9. The van der Waals surface area contributed by atoms with Crippen LogP contribution in [0.2, 0.25) is 0 Å². The van der Waals surface area contributed by atoms with Crippen molar-refractivity contribution in [3.8, 4) is 56.4 Å². The second-order valence-corrected chi connectivity index (χ2v) is 16.2. The van der Waals surface area contributed by atoms with Crippen LogP contribution < -0.4 is 0 Å². The molecule has 13 rings (SSSR count). The van der Waals surface area contributed by atoms with Crippen molar-refractivity contribution in [1.29, 1.82) is 0 Å². The molecule has 292 valence electrons. The number of furan rings is 1. The van der Waals surface area contributed by atoms with Crippen LogP contribution in [0.3, 0.4) is 0 Å². The van der Waals surface area contributed by atoms with Crippen molar-refractivity contribution in [2.24, 2.45) is 0 Å². The van der Waals surface area contributed by atoms with Crippen LogP contribution in [0.1, 0.15) is 0 Å². The lowest BCUT2D eigenvalue weighted by Crippen LogP contribution is -2.02. The summed E-state index contributed by atoms with van der Waals surface area (Å²) in [4.78, 5) is 16.5. The highest BCUT2D eigenvalue weighted by molar-refractivity contribution is 6.17. The summed E-state index contributed by atoms with van der Waals surface area (Å²) in [5.41, 5.74) is 8.78. The van der Waals surface area contributed by atoms with Crippen LogP contribution in [0.5, 0.6) is 0 Å². The molecule has 0 saturated heterocycles. The maximum Gasteiger partial charge on any atom is 0.167 e. The van der Waals surface area contributed by atoms with Crippen molar-refractivity contribution >= 4 is 75.8 Å². The van der Waals surface area contributed by atoms with E-state index in [4.69, 9.17) is 19.4 Å². The number of hydrogen-bond donors (Lipinski definition) is 0. The molecule has 0 aliphatic carbocycles. The summed E-state index contributed by atoms with van der Waals surface area (Å²) in [6, 6.07) is 75.3. The van der Waals surface area contributed by atoms with Crippen LogP contribution in [0.25, 0.3) is 132 Å². The first-order valence-corrected chi connectivity index (χ1v) is 21.4. The molecule has 0 aliphatic rings. The summed E-state index contributed by atoms with van der Waals surface area (Å²) >= 11 is 0. The van der Waals surface area contributed by atoms with Gasteiger partial charge in [-0.15, -0.1) is 0 Å². The molecule has 0 N–H and O–H groups in total. The van der Waals surface area contributed by atoms with Crippen molar-refractivity contribution in [1.82, 2.24) is 15.0 Å². The van der Waals surface area contributed by atoms with Gasteiger partial charge in [0, 0.05) is 21.9 Å². The topological polar surface area (TPSA) is 51.8 Å². The number of rotatable bonds is 5. The smallest absolute Gasteiger partial charge is 0.167 e. The second kappa shape index (κ2) is 14.1. The van der Waals surface area contributed by atoms with E-state index in [9.17, 15) is 0 Å².